The Labute approximate surface area is 178 Å². The first kappa shape index (κ1) is 19.2. The van der Waals surface area contributed by atoms with E-state index in [1.807, 2.05) is 43.0 Å². The van der Waals surface area contributed by atoms with Crippen LogP contribution in [0.15, 0.2) is 60.9 Å². The van der Waals surface area contributed by atoms with Gasteiger partial charge < -0.3 is 4.90 Å². The molecule has 3 heterocycles. The molecule has 1 atom stereocenters. The average molecular weight is 416 g/mol. The molecule has 0 fully saturated rings. The van der Waals surface area contributed by atoms with Gasteiger partial charge >= 0.3 is 0 Å². The van der Waals surface area contributed by atoms with Crippen LogP contribution in [0.25, 0.3) is 5.69 Å². The Hall–Kier alpha value is -3.81. The number of hydrogen-bond donors (Lipinski definition) is 0. The minimum Gasteiger partial charge on any atom is -0.332 e. The van der Waals surface area contributed by atoms with Gasteiger partial charge in [0.25, 0.3) is 5.91 Å². The zero-order valence-corrected chi connectivity index (χ0v) is 17.2. The molecule has 2 aromatic heterocycles. The quantitative estimate of drug-likeness (QED) is 0.514. The number of halogens is 1. The Balaban J connectivity index is 1.48. The van der Waals surface area contributed by atoms with E-state index in [2.05, 4.69) is 21.5 Å². The Bertz CT molecular complexity index is 1280. The first-order chi connectivity index (χ1) is 15.0. The summed E-state index contributed by atoms with van der Waals surface area (Å²) in [5, 5.41) is 12.4. The van der Waals surface area contributed by atoms with Crippen LogP contribution < -0.4 is 0 Å². The number of carbonyl (C=O) groups is 1. The highest BCUT2D eigenvalue weighted by atomic mass is 19.1. The molecule has 156 valence electrons. The van der Waals surface area contributed by atoms with Crippen molar-refractivity contribution in [3.05, 3.63) is 94.8 Å². The Morgan fingerprint density at radius 1 is 1.10 bits per heavy atom. The number of para-hydroxylation sites is 1. The van der Waals surface area contributed by atoms with E-state index in [4.69, 9.17) is 0 Å². The molecule has 1 aliphatic rings. The summed E-state index contributed by atoms with van der Waals surface area (Å²) in [6.07, 6.45) is 3.35. The molecular formula is C23H21FN6O. The molecule has 0 N–H and O–H groups in total. The van der Waals surface area contributed by atoms with Gasteiger partial charge in [-0.1, -0.05) is 41.6 Å². The summed E-state index contributed by atoms with van der Waals surface area (Å²) in [5.41, 5.74) is 4.91. The van der Waals surface area contributed by atoms with Crippen LogP contribution in [0.1, 0.15) is 38.8 Å². The van der Waals surface area contributed by atoms with E-state index < -0.39 is 5.82 Å². The van der Waals surface area contributed by atoms with Crippen molar-refractivity contribution in [2.45, 2.75) is 19.4 Å². The van der Waals surface area contributed by atoms with Gasteiger partial charge in [-0.15, -0.1) is 5.10 Å². The SMILES string of the molecule is Cc1c(C2CN(C(=O)c3cn(-c4ccccc4F)nn3)Cc3ccccc32)cnn1C. The van der Waals surface area contributed by atoms with Crippen LogP contribution in [-0.2, 0) is 13.6 Å². The fraction of sp³-hybridized carbons (Fsp3) is 0.217. The van der Waals surface area contributed by atoms with Crippen molar-refractivity contribution in [1.82, 2.24) is 29.7 Å². The molecular weight excluding hydrogens is 395 g/mol. The molecule has 0 saturated carbocycles. The lowest BCUT2D eigenvalue weighted by atomic mass is 9.85. The van der Waals surface area contributed by atoms with Crippen LogP contribution in [0, 0.1) is 12.7 Å². The van der Waals surface area contributed by atoms with E-state index in [0.29, 0.717) is 13.1 Å². The number of amides is 1. The molecule has 7 nitrogen and oxygen atoms in total. The Morgan fingerprint density at radius 3 is 2.65 bits per heavy atom. The molecule has 2 aromatic carbocycles. The normalized spacial score (nSPS) is 15.7. The van der Waals surface area contributed by atoms with Crippen molar-refractivity contribution < 1.29 is 9.18 Å². The van der Waals surface area contributed by atoms with E-state index in [1.165, 1.54) is 22.5 Å². The molecule has 0 saturated heterocycles. The summed E-state index contributed by atoms with van der Waals surface area (Å²) in [4.78, 5) is 15.1. The summed E-state index contributed by atoms with van der Waals surface area (Å²) >= 11 is 0. The van der Waals surface area contributed by atoms with Crippen molar-refractivity contribution in [1.29, 1.82) is 0 Å². The number of carbonyl (C=O) groups excluding carboxylic acids is 1. The Morgan fingerprint density at radius 2 is 1.87 bits per heavy atom. The van der Waals surface area contributed by atoms with E-state index in [1.54, 1.807) is 23.1 Å². The van der Waals surface area contributed by atoms with Crippen molar-refractivity contribution in [3.8, 4) is 5.69 Å². The fourth-order valence-corrected chi connectivity index (χ4v) is 4.16. The lowest BCUT2D eigenvalue weighted by Gasteiger charge is -2.34. The van der Waals surface area contributed by atoms with Crippen molar-refractivity contribution >= 4 is 5.91 Å². The predicted octanol–water partition coefficient (Wildman–Crippen LogP) is 3.24. The molecule has 0 radical (unpaired) electrons. The van der Waals surface area contributed by atoms with Gasteiger partial charge in [0.05, 0.1) is 12.4 Å². The average Bonchev–Trinajstić information content (AvgIpc) is 3.40. The maximum Gasteiger partial charge on any atom is 0.276 e. The minimum absolute atomic E-state index is 0.0178. The van der Waals surface area contributed by atoms with E-state index in [0.717, 1.165) is 16.8 Å². The first-order valence-electron chi connectivity index (χ1n) is 10.1. The number of aryl methyl sites for hydroxylation is 1. The molecule has 0 spiro atoms. The lowest BCUT2D eigenvalue weighted by molar-refractivity contribution is 0.0718. The zero-order valence-electron chi connectivity index (χ0n) is 17.2. The smallest absolute Gasteiger partial charge is 0.276 e. The van der Waals surface area contributed by atoms with Crippen LogP contribution in [0.4, 0.5) is 4.39 Å². The van der Waals surface area contributed by atoms with Crippen molar-refractivity contribution in [2.75, 3.05) is 6.54 Å². The number of nitrogens with zero attached hydrogens (tertiary/aromatic N) is 6. The van der Waals surface area contributed by atoms with E-state index in [-0.39, 0.29) is 23.2 Å². The second-order valence-electron chi connectivity index (χ2n) is 7.75. The molecule has 31 heavy (non-hydrogen) atoms. The third-order valence-electron chi connectivity index (χ3n) is 5.94. The maximum atomic E-state index is 14.1. The van der Waals surface area contributed by atoms with Gasteiger partial charge in [-0.3, -0.25) is 9.48 Å². The molecule has 4 aromatic rings. The molecule has 1 amide bonds. The summed E-state index contributed by atoms with van der Waals surface area (Å²) in [6.45, 7) is 3.03. The van der Waals surface area contributed by atoms with Crippen LogP contribution >= 0.6 is 0 Å². The first-order valence-corrected chi connectivity index (χ1v) is 10.1. The summed E-state index contributed by atoms with van der Waals surface area (Å²) in [7, 11) is 1.91. The highest BCUT2D eigenvalue weighted by molar-refractivity contribution is 5.92. The predicted molar refractivity (Wildman–Crippen MR) is 112 cm³/mol. The zero-order chi connectivity index (χ0) is 21.5. The van der Waals surface area contributed by atoms with E-state index in [9.17, 15) is 9.18 Å². The summed E-state index contributed by atoms with van der Waals surface area (Å²) in [5.74, 6) is -0.640. The van der Waals surface area contributed by atoms with Crippen LogP contribution in [0.5, 0.6) is 0 Å². The maximum absolute atomic E-state index is 14.1. The third-order valence-corrected chi connectivity index (χ3v) is 5.94. The minimum atomic E-state index is -0.426. The molecule has 0 bridgehead atoms. The number of aromatic nitrogens is 5. The monoisotopic (exact) mass is 416 g/mol. The lowest BCUT2D eigenvalue weighted by Crippen LogP contribution is -2.39. The van der Waals surface area contributed by atoms with Gasteiger partial charge in [0.2, 0.25) is 0 Å². The van der Waals surface area contributed by atoms with E-state index >= 15 is 0 Å². The molecule has 0 aliphatic carbocycles. The summed E-state index contributed by atoms with van der Waals surface area (Å²) < 4.78 is 17.2. The topological polar surface area (TPSA) is 68.8 Å². The number of rotatable bonds is 3. The number of hydrogen-bond acceptors (Lipinski definition) is 4. The second kappa shape index (κ2) is 7.46. The number of benzene rings is 2. The molecule has 1 aliphatic heterocycles. The van der Waals surface area contributed by atoms with Crippen LogP contribution in [0.3, 0.4) is 0 Å². The van der Waals surface area contributed by atoms with Crippen LogP contribution in [-0.4, -0.2) is 42.1 Å². The highest BCUT2D eigenvalue weighted by Gasteiger charge is 2.32. The largest absolute Gasteiger partial charge is 0.332 e. The Kier molecular flexibility index (Phi) is 4.62. The van der Waals surface area contributed by atoms with Gasteiger partial charge in [-0.2, -0.15) is 5.10 Å². The summed E-state index contributed by atoms with van der Waals surface area (Å²) in [6, 6.07) is 14.4. The van der Waals surface area contributed by atoms with Crippen LogP contribution in [0.2, 0.25) is 0 Å². The van der Waals surface area contributed by atoms with Crippen molar-refractivity contribution in [2.24, 2.45) is 7.05 Å². The fourth-order valence-electron chi connectivity index (χ4n) is 4.16. The van der Waals surface area contributed by atoms with Gasteiger partial charge in [0.15, 0.2) is 5.69 Å². The van der Waals surface area contributed by atoms with Gasteiger partial charge in [0, 0.05) is 37.3 Å². The van der Waals surface area contributed by atoms with Crippen molar-refractivity contribution in [3.63, 3.8) is 0 Å². The highest BCUT2D eigenvalue weighted by Crippen LogP contribution is 2.35. The number of fused-ring (bicyclic) bond motifs is 1. The van der Waals surface area contributed by atoms with Gasteiger partial charge in [-0.05, 0) is 30.2 Å². The second-order valence-corrected chi connectivity index (χ2v) is 7.75. The van der Waals surface area contributed by atoms with Gasteiger partial charge in [0.1, 0.15) is 11.5 Å². The third kappa shape index (κ3) is 3.30. The standard InChI is InChI=1S/C23H21FN6O/c1-15-18(11-25-28(15)2)19-13-29(12-16-7-3-4-8-17(16)19)23(31)21-14-30(27-26-21)22-10-6-5-9-20(22)24/h3-11,14,19H,12-13H2,1-2H3. The molecule has 5 rings (SSSR count). The van der Waals surface area contributed by atoms with Gasteiger partial charge in [-0.25, -0.2) is 9.07 Å². The molecule has 1 unspecified atom stereocenters. The molecule has 8 heteroatoms.